The summed E-state index contributed by atoms with van der Waals surface area (Å²) >= 11 is 11.5. The molecule has 1 aromatic rings. The molecule has 2 N–H and O–H groups in total. The van der Waals surface area contributed by atoms with Gasteiger partial charge in [-0.25, -0.2) is 0 Å². The van der Waals surface area contributed by atoms with Crippen LogP contribution in [0.2, 0.25) is 5.02 Å². The van der Waals surface area contributed by atoms with Gasteiger partial charge in [-0.3, -0.25) is 10.2 Å². The van der Waals surface area contributed by atoms with Gasteiger partial charge in [0.1, 0.15) is 5.17 Å². The first-order valence-corrected chi connectivity index (χ1v) is 6.50. The molecule has 20 heavy (non-hydrogen) atoms. The van der Waals surface area contributed by atoms with Crippen LogP contribution in [0.25, 0.3) is 0 Å². The zero-order valence-electron chi connectivity index (χ0n) is 10.7. The largest absolute Gasteiger partial charge is 0.326 e. The van der Waals surface area contributed by atoms with Gasteiger partial charge in [-0.1, -0.05) is 54.6 Å². The van der Waals surface area contributed by atoms with Gasteiger partial charge < -0.3 is 5.32 Å². The number of halogens is 2. The van der Waals surface area contributed by atoms with Crippen LogP contribution in [0.15, 0.2) is 60.8 Å². The summed E-state index contributed by atoms with van der Waals surface area (Å²) in [6.45, 7) is 7.18. The van der Waals surface area contributed by atoms with E-state index in [1.54, 1.807) is 18.2 Å². The number of carbonyl (C=O) groups is 1. The van der Waals surface area contributed by atoms with Crippen LogP contribution in [0, 0.1) is 5.41 Å². The second-order valence-corrected chi connectivity index (χ2v) is 4.74. The third-order valence-electron chi connectivity index (χ3n) is 2.42. The van der Waals surface area contributed by atoms with Gasteiger partial charge in [-0.05, 0) is 23.8 Å². The maximum atomic E-state index is 11.9. The van der Waals surface area contributed by atoms with Gasteiger partial charge in [0, 0.05) is 16.3 Å². The summed E-state index contributed by atoms with van der Waals surface area (Å²) in [4.78, 5) is 11.9. The van der Waals surface area contributed by atoms with Crippen molar-refractivity contribution in [3.63, 3.8) is 0 Å². The van der Waals surface area contributed by atoms with Crippen LogP contribution in [0.5, 0.6) is 0 Å². The number of nitrogens with one attached hydrogen (secondary N) is 2. The third-order valence-corrected chi connectivity index (χ3v) is 3.04. The molecule has 0 aliphatic rings. The highest BCUT2D eigenvalue weighted by molar-refractivity contribution is 6.69. The molecule has 104 valence electrons. The summed E-state index contributed by atoms with van der Waals surface area (Å²) in [6.07, 6.45) is 3.08. The number of amides is 1. The summed E-state index contributed by atoms with van der Waals surface area (Å²) in [7, 11) is 0. The molecule has 0 saturated heterocycles. The van der Waals surface area contributed by atoms with Crippen molar-refractivity contribution in [2.45, 2.75) is 6.42 Å². The minimum Gasteiger partial charge on any atom is -0.326 e. The predicted molar refractivity (Wildman–Crippen MR) is 84.3 cm³/mol. The van der Waals surface area contributed by atoms with E-state index in [4.69, 9.17) is 28.6 Å². The van der Waals surface area contributed by atoms with Crippen molar-refractivity contribution in [3.05, 3.63) is 71.4 Å². The molecule has 0 fully saturated rings. The fourth-order valence-corrected chi connectivity index (χ4v) is 1.67. The van der Waals surface area contributed by atoms with E-state index in [0.717, 1.165) is 5.56 Å². The highest BCUT2D eigenvalue weighted by atomic mass is 35.5. The van der Waals surface area contributed by atoms with E-state index in [2.05, 4.69) is 18.5 Å². The van der Waals surface area contributed by atoms with E-state index in [1.807, 2.05) is 6.07 Å². The number of benzene rings is 1. The molecule has 0 spiro atoms. The lowest BCUT2D eigenvalue weighted by Gasteiger charge is -2.07. The Hall–Kier alpha value is -1.84. The molecule has 5 heteroatoms. The minimum absolute atomic E-state index is 0.148. The van der Waals surface area contributed by atoms with Crippen LogP contribution in [0.4, 0.5) is 0 Å². The lowest BCUT2D eigenvalue weighted by molar-refractivity contribution is -0.119. The summed E-state index contributed by atoms with van der Waals surface area (Å²) in [5, 5.41) is 10.2. The molecule has 1 amide bonds. The number of allylic oxidation sites excluding steroid dienone is 3. The minimum atomic E-state index is -0.238. The van der Waals surface area contributed by atoms with Crippen molar-refractivity contribution >= 4 is 34.3 Å². The fourth-order valence-electron chi connectivity index (χ4n) is 1.42. The van der Waals surface area contributed by atoms with E-state index in [0.29, 0.717) is 16.3 Å². The highest BCUT2D eigenvalue weighted by Crippen LogP contribution is 2.15. The van der Waals surface area contributed by atoms with Gasteiger partial charge in [0.2, 0.25) is 5.91 Å². The molecule has 0 atom stereocenters. The average Bonchev–Trinajstić information content (AvgIpc) is 2.40. The monoisotopic (exact) mass is 308 g/mol. The Morgan fingerprint density at radius 1 is 1.40 bits per heavy atom. The zero-order valence-corrected chi connectivity index (χ0v) is 12.3. The summed E-state index contributed by atoms with van der Waals surface area (Å²) in [5.74, 6) is -0.238. The maximum Gasteiger partial charge on any atom is 0.228 e. The number of rotatable bonds is 6. The van der Waals surface area contributed by atoms with Gasteiger partial charge >= 0.3 is 0 Å². The summed E-state index contributed by atoms with van der Waals surface area (Å²) < 4.78 is 0. The van der Waals surface area contributed by atoms with Crippen LogP contribution in [-0.4, -0.2) is 11.1 Å². The molecule has 1 aromatic carbocycles. The third kappa shape index (κ3) is 5.03. The smallest absolute Gasteiger partial charge is 0.228 e. The first kappa shape index (κ1) is 16.2. The number of hydrogen-bond acceptors (Lipinski definition) is 2. The maximum absolute atomic E-state index is 11.9. The van der Waals surface area contributed by atoms with Crippen molar-refractivity contribution in [2.75, 3.05) is 0 Å². The van der Waals surface area contributed by atoms with E-state index < -0.39 is 0 Å². The zero-order chi connectivity index (χ0) is 15.1. The van der Waals surface area contributed by atoms with Gasteiger partial charge in [-0.2, -0.15) is 0 Å². The van der Waals surface area contributed by atoms with Gasteiger partial charge in [0.05, 0.1) is 6.42 Å². The Morgan fingerprint density at radius 3 is 2.60 bits per heavy atom. The SMILES string of the molecule is C=C/C(=C\C(=C)C(=N)Cl)NC(=O)Cc1ccccc1Cl. The molecule has 3 nitrogen and oxygen atoms in total. The normalized spacial score (nSPS) is 10.8. The Labute approximate surface area is 128 Å². The molecule has 0 bridgehead atoms. The van der Waals surface area contributed by atoms with E-state index >= 15 is 0 Å². The quantitative estimate of drug-likeness (QED) is 0.609. The van der Waals surface area contributed by atoms with Gasteiger partial charge in [0.15, 0.2) is 0 Å². The second kappa shape index (κ2) is 7.68. The topological polar surface area (TPSA) is 53.0 Å². The molecule has 0 radical (unpaired) electrons. The lowest BCUT2D eigenvalue weighted by Crippen LogP contribution is -2.24. The number of carbonyl (C=O) groups excluding carboxylic acids is 1. The molecule has 0 unspecified atom stereocenters. The molecular weight excluding hydrogens is 295 g/mol. The van der Waals surface area contributed by atoms with E-state index in [1.165, 1.54) is 12.2 Å². The van der Waals surface area contributed by atoms with Crippen molar-refractivity contribution in [3.8, 4) is 0 Å². The number of hydrogen-bond donors (Lipinski definition) is 2. The predicted octanol–water partition coefficient (Wildman–Crippen LogP) is 3.84. The van der Waals surface area contributed by atoms with E-state index in [9.17, 15) is 4.79 Å². The van der Waals surface area contributed by atoms with Crippen molar-refractivity contribution in [1.29, 1.82) is 5.41 Å². The Morgan fingerprint density at radius 2 is 2.05 bits per heavy atom. The van der Waals surface area contributed by atoms with Crippen LogP contribution in [0.3, 0.4) is 0 Å². The summed E-state index contributed by atoms with van der Waals surface area (Å²) in [5.41, 5.74) is 1.45. The lowest BCUT2D eigenvalue weighted by atomic mass is 10.1. The summed E-state index contributed by atoms with van der Waals surface area (Å²) in [6, 6.07) is 7.13. The standard InChI is InChI=1S/C15H14Cl2N2O/c1-3-12(8-10(2)15(17)18)19-14(20)9-11-6-4-5-7-13(11)16/h3-8,18H,1-2,9H2,(H,19,20)/b12-8+,18-15?. The van der Waals surface area contributed by atoms with E-state index in [-0.39, 0.29) is 17.5 Å². The van der Waals surface area contributed by atoms with Gasteiger partial charge in [-0.15, -0.1) is 0 Å². The van der Waals surface area contributed by atoms with Crippen LogP contribution >= 0.6 is 23.2 Å². The Bertz CT molecular complexity index is 591. The Kier molecular flexibility index (Phi) is 6.22. The van der Waals surface area contributed by atoms with Crippen LogP contribution in [-0.2, 0) is 11.2 Å². The second-order valence-electron chi connectivity index (χ2n) is 3.96. The van der Waals surface area contributed by atoms with Crippen LogP contribution < -0.4 is 5.32 Å². The van der Waals surface area contributed by atoms with Crippen molar-refractivity contribution in [2.24, 2.45) is 0 Å². The molecule has 0 aliphatic heterocycles. The van der Waals surface area contributed by atoms with Crippen molar-refractivity contribution in [1.82, 2.24) is 5.32 Å². The molecule has 0 heterocycles. The molecule has 0 saturated carbocycles. The van der Waals surface area contributed by atoms with Crippen LogP contribution in [0.1, 0.15) is 5.56 Å². The molecule has 0 aliphatic carbocycles. The average molecular weight is 309 g/mol. The first-order valence-electron chi connectivity index (χ1n) is 5.74. The van der Waals surface area contributed by atoms with Crippen molar-refractivity contribution < 1.29 is 4.79 Å². The van der Waals surface area contributed by atoms with Gasteiger partial charge in [0.25, 0.3) is 0 Å². The first-order chi connectivity index (χ1) is 9.43. The highest BCUT2D eigenvalue weighted by Gasteiger charge is 2.07. The Balaban J connectivity index is 2.74. The fraction of sp³-hybridized carbons (Fsp3) is 0.0667. The molecule has 0 aromatic heterocycles. The molecular formula is C15H14Cl2N2O. The molecule has 1 rings (SSSR count).